The van der Waals surface area contributed by atoms with Crippen molar-refractivity contribution in [3.8, 4) is 0 Å². The number of aromatic nitrogens is 1. The number of sulfone groups is 1. The number of benzene rings is 1. The molecular formula is C25H32ClN3O3S. The summed E-state index contributed by atoms with van der Waals surface area (Å²) in [7, 11) is -3.26. The maximum absolute atomic E-state index is 13.4. The van der Waals surface area contributed by atoms with Crippen molar-refractivity contribution in [2.45, 2.75) is 58.4 Å². The molecule has 0 fully saturated rings. The highest BCUT2D eigenvalue weighted by atomic mass is 35.5. The summed E-state index contributed by atoms with van der Waals surface area (Å²) in [6.07, 6.45) is 3.55. The fourth-order valence-corrected chi connectivity index (χ4v) is 5.13. The molecule has 1 aliphatic heterocycles. The molecule has 8 heteroatoms. The van der Waals surface area contributed by atoms with Gasteiger partial charge in [0.25, 0.3) is 0 Å². The van der Waals surface area contributed by atoms with E-state index in [4.69, 9.17) is 11.6 Å². The molecule has 0 saturated heterocycles. The summed E-state index contributed by atoms with van der Waals surface area (Å²) in [6.45, 7) is 8.55. The van der Waals surface area contributed by atoms with Crippen LogP contribution in [0.15, 0.2) is 40.2 Å². The van der Waals surface area contributed by atoms with E-state index in [1.807, 2.05) is 19.9 Å². The molecule has 3 atom stereocenters. The van der Waals surface area contributed by atoms with E-state index >= 15 is 0 Å². The van der Waals surface area contributed by atoms with Gasteiger partial charge in [0.05, 0.1) is 22.8 Å². The van der Waals surface area contributed by atoms with Crippen LogP contribution < -0.4 is 5.32 Å². The SMILES string of the molecule is CCc1cc2c(nc1Cl)CC(C(C)CC)C(C)C(=O)C(=NCc1ccc(S(C)(=O)=O)cc1)N2. The van der Waals surface area contributed by atoms with E-state index < -0.39 is 9.84 Å². The minimum atomic E-state index is -3.26. The molecule has 0 amide bonds. The first-order valence-electron chi connectivity index (χ1n) is 11.4. The predicted octanol–water partition coefficient (Wildman–Crippen LogP) is 5.14. The Bertz CT molecular complexity index is 1160. The molecule has 0 spiro atoms. The zero-order valence-electron chi connectivity index (χ0n) is 19.9. The van der Waals surface area contributed by atoms with Crippen molar-refractivity contribution in [2.24, 2.45) is 22.7 Å². The number of rotatable bonds is 6. The molecule has 2 aromatic rings. The Balaban J connectivity index is 2.00. The lowest BCUT2D eigenvalue weighted by atomic mass is 9.76. The van der Waals surface area contributed by atoms with E-state index in [-0.39, 0.29) is 29.1 Å². The van der Waals surface area contributed by atoms with Gasteiger partial charge in [-0.15, -0.1) is 0 Å². The smallest absolute Gasteiger partial charge is 0.200 e. The fraction of sp³-hybridized carbons (Fsp3) is 0.480. The summed E-state index contributed by atoms with van der Waals surface area (Å²) in [5.74, 6) is 0.518. The number of hydrogen-bond donors (Lipinski definition) is 1. The van der Waals surface area contributed by atoms with Crippen LogP contribution in [0.2, 0.25) is 5.15 Å². The second-order valence-corrected chi connectivity index (χ2v) is 11.3. The number of pyridine rings is 1. The van der Waals surface area contributed by atoms with Crippen LogP contribution in [0.3, 0.4) is 0 Å². The Labute approximate surface area is 201 Å². The molecule has 2 heterocycles. The molecule has 1 aromatic heterocycles. The van der Waals surface area contributed by atoms with Crippen LogP contribution >= 0.6 is 11.6 Å². The van der Waals surface area contributed by atoms with Crippen LogP contribution in [0.4, 0.5) is 5.69 Å². The van der Waals surface area contributed by atoms with E-state index in [2.05, 4.69) is 29.1 Å². The second kappa shape index (κ2) is 10.3. The number of anilines is 1. The van der Waals surface area contributed by atoms with Gasteiger partial charge in [0.1, 0.15) is 5.15 Å². The van der Waals surface area contributed by atoms with Gasteiger partial charge in [0.15, 0.2) is 15.7 Å². The molecule has 0 radical (unpaired) electrons. The fourth-order valence-electron chi connectivity index (χ4n) is 4.21. The Morgan fingerprint density at radius 3 is 2.48 bits per heavy atom. The first-order chi connectivity index (χ1) is 15.5. The normalized spacial score (nSPS) is 21.2. The Hall–Kier alpha value is -2.25. The van der Waals surface area contributed by atoms with E-state index in [0.717, 1.165) is 35.3 Å². The number of hydrogen-bond acceptors (Lipinski definition) is 5. The third-order valence-electron chi connectivity index (χ3n) is 6.63. The molecule has 1 aromatic carbocycles. The van der Waals surface area contributed by atoms with E-state index in [9.17, 15) is 13.2 Å². The minimum absolute atomic E-state index is 0.0216. The van der Waals surface area contributed by atoms with Crippen molar-refractivity contribution in [1.29, 1.82) is 0 Å². The lowest BCUT2D eigenvalue weighted by Gasteiger charge is -2.31. The summed E-state index contributed by atoms with van der Waals surface area (Å²) >= 11 is 6.43. The molecule has 3 unspecified atom stereocenters. The lowest BCUT2D eigenvalue weighted by Crippen LogP contribution is -2.38. The average Bonchev–Trinajstić information content (AvgIpc) is 2.78. The molecular weight excluding hydrogens is 458 g/mol. The standard InChI is InChI=1S/C25H32ClN3O3S/c1-6-15(3)20-13-22-21(12-18(7-2)24(26)28-22)29-25(23(30)16(20)4)27-14-17-8-10-19(11-9-17)33(5,31)32/h8-12,15-16,20H,6-7,13-14H2,1-5H3,(H,27,29). The van der Waals surface area contributed by atoms with Gasteiger partial charge < -0.3 is 5.32 Å². The lowest BCUT2D eigenvalue weighted by molar-refractivity contribution is -0.118. The molecule has 178 valence electrons. The monoisotopic (exact) mass is 489 g/mol. The van der Waals surface area contributed by atoms with Gasteiger partial charge in [-0.05, 0) is 54.0 Å². The first-order valence-corrected chi connectivity index (χ1v) is 13.6. The highest BCUT2D eigenvalue weighted by Crippen LogP contribution is 2.34. The van der Waals surface area contributed by atoms with Crippen LogP contribution in [0.1, 0.15) is 50.9 Å². The van der Waals surface area contributed by atoms with Crippen molar-refractivity contribution >= 4 is 38.7 Å². The number of carbonyl (C=O) groups excluding carboxylic acids is 1. The van der Waals surface area contributed by atoms with Gasteiger partial charge in [0.2, 0.25) is 5.78 Å². The zero-order chi connectivity index (χ0) is 24.3. The van der Waals surface area contributed by atoms with Crippen LogP contribution in [0, 0.1) is 17.8 Å². The van der Waals surface area contributed by atoms with Crippen molar-refractivity contribution in [1.82, 2.24) is 4.98 Å². The Morgan fingerprint density at radius 2 is 1.91 bits per heavy atom. The largest absolute Gasteiger partial charge is 0.336 e. The van der Waals surface area contributed by atoms with Crippen molar-refractivity contribution < 1.29 is 13.2 Å². The Morgan fingerprint density at radius 1 is 1.24 bits per heavy atom. The molecule has 0 saturated carbocycles. The number of halogens is 1. The van der Waals surface area contributed by atoms with Crippen LogP contribution in [0.5, 0.6) is 0 Å². The van der Waals surface area contributed by atoms with Crippen molar-refractivity contribution in [3.63, 3.8) is 0 Å². The van der Waals surface area contributed by atoms with Gasteiger partial charge >= 0.3 is 0 Å². The summed E-state index contributed by atoms with van der Waals surface area (Å²) in [6, 6.07) is 8.55. The van der Waals surface area contributed by atoms with Gasteiger partial charge in [-0.1, -0.05) is 57.8 Å². The van der Waals surface area contributed by atoms with Crippen molar-refractivity contribution in [2.75, 3.05) is 11.6 Å². The number of fused-ring (bicyclic) bond motifs is 1. The number of aliphatic imine (C=N–C) groups is 1. The number of nitrogens with zero attached hydrogens (tertiary/aromatic N) is 2. The van der Waals surface area contributed by atoms with E-state index in [0.29, 0.717) is 23.3 Å². The summed E-state index contributed by atoms with van der Waals surface area (Å²) < 4.78 is 23.4. The molecule has 1 aliphatic rings. The maximum Gasteiger partial charge on any atom is 0.200 e. The van der Waals surface area contributed by atoms with E-state index in [1.54, 1.807) is 24.3 Å². The molecule has 6 nitrogen and oxygen atoms in total. The highest BCUT2D eigenvalue weighted by Gasteiger charge is 2.34. The summed E-state index contributed by atoms with van der Waals surface area (Å²) in [5.41, 5.74) is 3.37. The number of carbonyl (C=O) groups is 1. The molecule has 0 aliphatic carbocycles. The molecule has 0 bridgehead atoms. The number of nitrogens with one attached hydrogen (secondary N) is 1. The van der Waals surface area contributed by atoms with Gasteiger partial charge in [-0.25, -0.2) is 13.4 Å². The number of aryl methyl sites for hydroxylation is 1. The molecule has 33 heavy (non-hydrogen) atoms. The zero-order valence-corrected chi connectivity index (χ0v) is 21.4. The third kappa shape index (κ3) is 5.82. The first kappa shape index (κ1) is 25.4. The average molecular weight is 490 g/mol. The number of ketones is 1. The third-order valence-corrected chi connectivity index (χ3v) is 8.08. The van der Waals surface area contributed by atoms with Crippen LogP contribution in [0.25, 0.3) is 0 Å². The second-order valence-electron chi connectivity index (χ2n) is 8.90. The van der Waals surface area contributed by atoms with Crippen LogP contribution in [-0.4, -0.2) is 31.3 Å². The number of amidine groups is 1. The number of Topliss-reactive ketones (excluding diaryl/α,β-unsaturated/α-hetero) is 1. The predicted molar refractivity (Wildman–Crippen MR) is 134 cm³/mol. The van der Waals surface area contributed by atoms with Crippen molar-refractivity contribution in [3.05, 3.63) is 52.3 Å². The quantitative estimate of drug-likeness (QED) is 0.568. The highest BCUT2D eigenvalue weighted by molar-refractivity contribution is 7.90. The summed E-state index contributed by atoms with van der Waals surface area (Å²) in [5, 5.41) is 3.75. The minimum Gasteiger partial charge on any atom is -0.336 e. The topological polar surface area (TPSA) is 88.5 Å². The van der Waals surface area contributed by atoms with Crippen LogP contribution in [-0.2, 0) is 34.0 Å². The Kier molecular flexibility index (Phi) is 7.96. The maximum atomic E-state index is 13.4. The van der Waals surface area contributed by atoms with Gasteiger partial charge in [-0.3, -0.25) is 9.79 Å². The van der Waals surface area contributed by atoms with Gasteiger partial charge in [-0.2, -0.15) is 0 Å². The molecule has 3 rings (SSSR count). The van der Waals surface area contributed by atoms with Gasteiger partial charge in [0, 0.05) is 12.2 Å². The molecule has 1 N–H and O–H groups in total. The van der Waals surface area contributed by atoms with E-state index in [1.165, 1.54) is 6.26 Å². The summed E-state index contributed by atoms with van der Waals surface area (Å²) in [4.78, 5) is 23.0.